The second-order valence-electron chi connectivity index (χ2n) is 26.0. The average molecular weight is 1310 g/mol. The van der Waals surface area contributed by atoms with Crippen molar-refractivity contribution >= 4 is 11.9 Å². The summed E-state index contributed by atoms with van der Waals surface area (Å²) in [6, 6.07) is -1.04. The molecule has 538 valence electrons. The van der Waals surface area contributed by atoms with Gasteiger partial charge in [0, 0.05) is 6.42 Å². The minimum atomic E-state index is -1.63. The molecule has 94 heavy (non-hydrogen) atoms. The number of aliphatic hydroxyl groups is 5. The predicted octanol–water partition coefficient (Wildman–Crippen LogP) is 20.7. The Hall–Kier alpha value is -4.20. The quantitative estimate of drug-likeness (QED) is 0.0195. The second kappa shape index (κ2) is 68.7. The number of carbonyl (C=O) groups excluding carboxylic acids is 2. The third-order valence-electron chi connectivity index (χ3n) is 17.3. The molecule has 1 fully saturated rings. The maximum absolute atomic E-state index is 13.5. The number of esters is 1. The van der Waals surface area contributed by atoms with Crippen LogP contribution in [0.15, 0.2) is 134 Å². The first kappa shape index (κ1) is 87.8. The molecule has 11 nitrogen and oxygen atoms in total. The van der Waals surface area contributed by atoms with Crippen LogP contribution in [0.25, 0.3) is 0 Å². The fourth-order valence-electron chi connectivity index (χ4n) is 11.3. The lowest BCUT2D eigenvalue weighted by Crippen LogP contribution is -2.61. The van der Waals surface area contributed by atoms with Crippen molar-refractivity contribution in [2.24, 2.45) is 0 Å². The van der Waals surface area contributed by atoms with Crippen molar-refractivity contribution in [3.8, 4) is 0 Å². The third kappa shape index (κ3) is 54.9. The van der Waals surface area contributed by atoms with E-state index in [2.05, 4.69) is 148 Å². The van der Waals surface area contributed by atoms with E-state index in [4.69, 9.17) is 14.2 Å². The highest BCUT2D eigenvalue weighted by Crippen LogP contribution is 2.26. The van der Waals surface area contributed by atoms with E-state index < -0.39 is 67.4 Å². The number of nitrogens with one attached hydrogen (secondary N) is 1. The van der Waals surface area contributed by atoms with Crippen LogP contribution in [-0.4, -0.2) is 99.6 Å². The van der Waals surface area contributed by atoms with Gasteiger partial charge in [0.2, 0.25) is 5.91 Å². The highest BCUT2D eigenvalue weighted by Gasteiger charge is 2.47. The van der Waals surface area contributed by atoms with Crippen molar-refractivity contribution in [3.05, 3.63) is 134 Å². The van der Waals surface area contributed by atoms with Crippen molar-refractivity contribution in [1.82, 2.24) is 5.32 Å². The molecule has 1 aliphatic rings. The highest BCUT2D eigenvalue weighted by molar-refractivity contribution is 5.80. The summed E-state index contributed by atoms with van der Waals surface area (Å²) >= 11 is 0. The number of aliphatic hydroxyl groups excluding tert-OH is 5. The Morgan fingerprint density at radius 3 is 1.17 bits per heavy atom. The molecule has 1 heterocycles. The van der Waals surface area contributed by atoms with Gasteiger partial charge >= 0.3 is 5.97 Å². The molecule has 11 heteroatoms. The van der Waals surface area contributed by atoms with Gasteiger partial charge in [0.15, 0.2) is 12.4 Å². The number of rotatable bonds is 65. The summed E-state index contributed by atoms with van der Waals surface area (Å²) in [5.41, 5.74) is 0. The fourth-order valence-corrected chi connectivity index (χ4v) is 11.3. The van der Waals surface area contributed by atoms with Crippen LogP contribution in [0, 0.1) is 0 Å². The molecular formula is C83H141NO10. The zero-order valence-corrected chi connectivity index (χ0v) is 60.0. The molecule has 1 amide bonds. The van der Waals surface area contributed by atoms with Crippen LogP contribution in [0.2, 0.25) is 0 Å². The fraction of sp³-hybridized carbons (Fsp3) is 0.711. The topological polar surface area (TPSA) is 175 Å². The van der Waals surface area contributed by atoms with Crippen LogP contribution < -0.4 is 5.32 Å². The van der Waals surface area contributed by atoms with Gasteiger partial charge in [-0.3, -0.25) is 9.59 Å². The molecule has 0 radical (unpaired) electrons. The first-order chi connectivity index (χ1) is 46.2. The first-order valence-electron chi connectivity index (χ1n) is 38.5. The first-order valence-corrected chi connectivity index (χ1v) is 38.5. The molecule has 0 bridgehead atoms. The summed E-state index contributed by atoms with van der Waals surface area (Å²) in [7, 11) is 0. The van der Waals surface area contributed by atoms with Gasteiger partial charge in [-0.2, -0.15) is 0 Å². The Morgan fingerprint density at radius 1 is 0.426 bits per heavy atom. The lowest BCUT2D eigenvalue weighted by Gasteiger charge is -2.41. The average Bonchev–Trinajstić information content (AvgIpc) is 0.814. The number of ether oxygens (including phenoxy) is 3. The minimum absolute atomic E-state index is 0.106. The number of unbranched alkanes of at least 4 members (excludes halogenated alkanes) is 31. The standard InChI is InChI=1S/C83H141NO10/c1-4-7-10-13-16-19-22-25-27-29-31-33-35-37-39-41-43-45-47-49-51-53-56-59-62-65-68-71-78(88)94-81-80(90)79(89)77(72-85)93-83(81)92-73-74(75(86)69-66-63-60-57-54-24-21-18-15-12-9-6-3)84-82(91)76(87)70-67-64-61-58-55-52-50-48-46-44-42-40-38-36-34-32-30-28-26-23-20-17-14-11-8-5-2/h7,10,16-17,19-20,25-28,31-34,37-40,43,45,66,69,74-77,79-81,83,85-87,89-90H,4-6,8-9,11-15,18,21-24,29-30,35-36,41-42,44,46-65,67-68,70-73H2,1-3H3,(H,84,91)/b10-7-,19-16-,20-17-,27-25-,28-26-,33-31-,34-32-,39-37-,40-38-,45-43-,69-66+. The van der Waals surface area contributed by atoms with E-state index >= 15 is 0 Å². The Labute approximate surface area is 575 Å². The third-order valence-corrected chi connectivity index (χ3v) is 17.3. The van der Waals surface area contributed by atoms with E-state index in [1.807, 2.05) is 6.08 Å². The van der Waals surface area contributed by atoms with E-state index in [0.717, 1.165) is 135 Å². The Bertz CT molecular complexity index is 2050. The summed E-state index contributed by atoms with van der Waals surface area (Å²) in [5, 5.41) is 57.4. The van der Waals surface area contributed by atoms with E-state index in [0.29, 0.717) is 12.8 Å². The Kier molecular flexibility index (Phi) is 64.2. The van der Waals surface area contributed by atoms with Gasteiger partial charge in [0.25, 0.3) is 0 Å². The van der Waals surface area contributed by atoms with Crippen LogP contribution in [-0.2, 0) is 23.8 Å². The molecule has 1 saturated heterocycles. The van der Waals surface area contributed by atoms with Crippen LogP contribution in [0.3, 0.4) is 0 Å². The van der Waals surface area contributed by atoms with Crippen LogP contribution in [0.5, 0.6) is 0 Å². The Morgan fingerprint density at radius 2 is 0.766 bits per heavy atom. The van der Waals surface area contributed by atoms with Gasteiger partial charge in [-0.15, -0.1) is 0 Å². The summed E-state index contributed by atoms with van der Waals surface area (Å²) in [5.74, 6) is -1.21. The van der Waals surface area contributed by atoms with E-state index in [9.17, 15) is 35.1 Å². The largest absolute Gasteiger partial charge is 0.454 e. The van der Waals surface area contributed by atoms with Crippen LogP contribution >= 0.6 is 0 Å². The number of amides is 1. The summed E-state index contributed by atoms with van der Waals surface area (Å²) in [4.78, 5) is 26.8. The molecule has 1 aliphatic heterocycles. The molecule has 6 N–H and O–H groups in total. The molecule has 8 atom stereocenters. The van der Waals surface area contributed by atoms with Crippen molar-refractivity contribution in [3.63, 3.8) is 0 Å². The van der Waals surface area contributed by atoms with E-state index in [1.54, 1.807) is 6.08 Å². The monoisotopic (exact) mass is 1310 g/mol. The van der Waals surface area contributed by atoms with Crippen molar-refractivity contribution in [2.45, 2.75) is 365 Å². The number of carbonyl (C=O) groups is 2. The van der Waals surface area contributed by atoms with Crippen LogP contribution in [0.1, 0.15) is 316 Å². The molecule has 0 aromatic carbocycles. The van der Waals surface area contributed by atoms with Crippen LogP contribution in [0.4, 0.5) is 0 Å². The Balaban J connectivity index is 2.54. The van der Waals surface area contributed by atoms with Gasteiger partial charge in [0.1, 0.15) is 24.4 Å². The lowest BCUT2D eigenvalue weighted by atomic mass is 9.99. The minimum Gasteiger partial charge on any atom is -0.454 e. The van der Waals surface area contributed by atoms with Gasteiger partial charge in [-0.05, 0) is 122 Å². The van der Waals surface area contributed by atoms with Gasteiger partial charge < -0.3 is 45.1 Å². The zero-order valence-electron chi connectivity index (χ0n) is 60.0. The smallest absolute Gasteiger partial charge is 0.306 e. The molecule has 8 unspecified atom stereocenters. The van der Waals surface area contributed by atoms with Gasteiger partial charge in [-0.1, -0.05) is 321 Å². The molecule has 0 aromatic rings. The van der Waals surface area contributed by atoms with Gasteiger partial charge in [-0.25, -0.2) is 0 Å². The maximum Gasteiger partial charge on any atom is 0.306 e. The van der Waals surface area contributed by atoms with E-state index in [1.165, 1.54) is 135 Å². The molecular weight excluding hydrogens is 1170 g/mol. The molecule has 1 rings (SSSR count). The zero-order chi connectivity index (χ0) is 68.1. The number of hydrogen-bond donors (Lipinski definition) is 6. The summed E-state index contributed by atoms with van der Waals surface area (Å²) in [6.07, 6.45) is 87.7. The van der Waals surface area contributed by atoms with E-state index in [-0.39, 0.29) is 19.4 Å². The summed E-state index contributed by atoms with van der Waals surface area (Å²) in [6.45, 7) is 5.67. The molecule has 0 aromatic heterocycles. The molecule has 0 saturated carbocycles. The molecule has 0 spiro atoms. The SMILES string of the molecule is CC/C=C\C/C=C\C/C=C\C/C=C\C/C=C\C/C=C\CCCCCCCCCCC(=O)OC1C(OCC(NC(=O)C(O)CCCCCCCCCCCC/C=C\C/C=C\C/C=C\C/C=C\CCCCC)C(O)/C=C/CCCCCCCCCCCC)OC(CO)C(O)C1O. The normalized spacial score (nSPS) is 18.6. The predicted molar refractivity (Wildman–Crippen MR) is 397 cm³/mol. The molecule has 0 aliphatic carbocycles. The van der Waals surface area contributed by atoms with Gasteiger partial charge in [0.05, 0.1) is 25.4 Å². The number of allylic oxidation sites excluding steroid dienone is 21. The lowest BCUT2D eigenvalue weighted by molar-refractivity contribution is -0.305. The second-order valence-corrected chi connectivity index (χ2v) is 26.0. The summed E-state index contributed by atoms with van der Waals surface area (Å²) < 4.78 is 17.7. The van der Waals surface area contributed by atoms with Crippen molar-refractivity contribution < 1.29 is 49.3 Å². The number of hydrogen-bond acceptors (Lipinski definition) is 10. The van der Waals surface area contributed by atoms with Crippen molar-refractivity contribution in [1.29, 1.82) is 0 Å². The maximum atomic E-state index is 13.5. The van der Waals surface area contributed by atoms with Crippen molar-refractivity contribution in [2.75, 3.05) is 13.2 Å². The highest BCUT2D eigenvalue weighted by atomic mass is 16.7.